The molecule has 1 amide bonds. The minimum absolute atomic E-state index is 0. The van der Waals surface area contributed by atoms with Gasteiger partial charge in [-0.1, -0.05) is 26.0 Å². The number of benzene rings is 1. The van der Waals surface area contributed by atoms with Gasteiger partial charge in [0, 0.05) is 31.7 Å². The van der Waals surface area contributed by atoms with Crippen LogP contribution < -0.4 is 5.73 Å². The van der Waals surface area contributed by atoms with Crippen molar-refractivity contribution >= 4 is 18.3 Å². The number of hydrogen-bond acceptors (Lipinski definition) is 3. The Hall–Kier alpha value is -1.31. The monoisotopic (exact) mass is 419 g/mol. The summed E-state index contributed by atoms with van der Waals surface area (Å²) in [6, 6.07) is 5.44. The van der Waals surface area contributed by atoms with E-state index >= 15 is 0 Å². The topological polar surface area (TPSA) is 49.6 Å². The van der Waals surface area contributed by atoms with E-state index in [4.69, 9.17) is 5.73 Å². The minimum Gasteiger partial charge on any atom is -0.334 e. The molecule has 2 aliphatic rings. The fraction of sp³-hybridized carbons (Fsp3) is 0.650. The lowest BCUT2D eigenvalue weighted by atomic mass is 9.80. The van der Waals surface area contributed by atoms with Gasteiger partial charge in [-0.3, -0.25) is 9.69 Å². The van der Waals surface area contributed by atoms with Gasteiger partial charge in [0.15, 0.2) is 0 Å². The van der Waals surface area contributed by atoms with Crippen molar-refractivity contribution in [3.05, 3.63) is 35.4 Å². The number of halogens is 4. The molecule has 4 nitrogen and oxygen atoms in total. The number of hydrogen-bond donors (Lipinski definition) is 1. The van der Waals surface area contributed by atoms with E-state index in [0.717, 1.165) is 50.0 Å². The first-order chi connectivity index (χ1) is 12.6. The summed E-state index contributed by atoms with van der Waals surface area (Å²) in [6.45, 7) is 6.52. The molecule has 1 unspecified atom stereocenters. The van der Waals surface area contributed by atoms with Gasteiger partial charge in [-0.25, -0.2) is 0 Å². The van der Waals surface area contributed by atoms with Crippen molar-refractivity contribution in [1.82, 2.24) is 9.80 Å². The molecule has 158 valence electrons. The third-order valence-corrected chi connectivity index (χ3v) is 5.69. The quantitative estimate of drug-likeness (QED) is 0.792. The second-order valence-corrected chi connectivity index (χ2v) is 8.54. The van der Waals surface area contributed by atoms with Gasteiger partial charge in [-0.2, -0.15) is 13.2 Å². The van der Waals surface area contributed by atoms with Crippen molar-refractivity contribution in [3.8, 4) is 0 Å². The molecule has 3 rings (SSSR count). The second kappa shape index (κ2) is 8.59. The van der Waals surface area contributed by atoms with E-state index in [9.17, 15) is 18.0 Å². The maximum Gasteiger partial charge on any atom is 0.416 e. The maximum absolute atomic E-state index is 12.9. The molecule has 0 bridgehead atoms. The van der Waals surface area contributed by atoms with Gasteiger partial charge in [-0.15, -0.1) is 12.4 Å². The minimum atomic E-state index is -4.34. The molecule has 1 saturated carbocycles. The fourth-order valence-corrected chi connectivity index (χ4v) is 3.71. The van der Waals surface area contributed by atoms with Gasteiger partial charge in [0.2, 0.25) is 5.91 Å². The second-order valence-electron chi connectivity index (χ2n) is 8.54. The number of alkyl halides is 3. The molecule has 28 heavy (non-hydrogen) atoms. The van der Waals surface area contributed by atoms with Crippen LogP contribution in [-0.2, 0) is 17.5 Å². The molecule has 8 heteroatoms. The summed E-state index contributed by atoms with van der Waals surface area (Å²) >= 11 is 0. The Bertz CT molecular complexity index is 674. The van der Waals surface area contributed by atoms with Crippen molar-refractivity contribution in [2.24, 2.45) is 11.1 Å². The molecule has 2 N–H and O–H groups in total. The van der Waals surface area contributed by atoms with Crippen LogP contribution in [0.5, 0.6) is 0 Å². The third kappa shape index (κ3) is 5.61. The molecule has 1 heterocycles. The first-order valence-electron chi connectivity index (χ1n) is 9.50. The molecular weight excluding hydrogens is 391 g/mol. The summed E-state index contributed by atoms with van der Waals surface area (Å²) in [5, 5.41) is 0. The Kier molecular flexibility index (Phi) is 7.05. The lowest BCUT2D eigenvalue weighted by molar-refractivity contribution is -0.138. The van der Waals surface area contributed by atoms with Crippen molar-refractivity contribution < 1.29 is 18.0 Å². The van der Waals surface area contributed by atoms with Crippen LogP contribution in [0.4, 0.5) is 13.2 Å². The van der Waals surface area contributed by atoms with E-state index in [2.05, 4.69) is 18.7 Å². The lowest BCUT2D eigenvalue weighted by Gasteiger charge is -2.42. The number of piperidine rings is 1. The van der Waals surface area contributed by atoms with Crippen LogP contribution in [0.2, 0.25) is 0 Å². The van der Waals surface area contributed by atoms with Crippen LogP contribution in [-0.4, -0.2) is 47.4 Å². The van der Waals surface area contributed by atoms with Crippen LogP contribution in [0.25, 0.3) is 0 Å². The van der Waals surface area contributed by atoms with Gasteiger partial charge >= 0.3 is 6.18 Å². The van der Waals surface area contributed by atoms with E-state index in [1.54, 1.807) is 0 Å². The molecule has 1 aliphatic heterocycles. The highest BCUT2D eigenvalue weighted by atomic mass is 35.5. The highest BCUT2D eigenvalue weighted by Gasteiger charge is 2.37. The first kappa shape index (κ1) is 23.0. The summed E-state index contributed by atoms with van der Waals surface area (Å²) in [5.41, 5.74) is 6.20. The van der Waals surface area contributed by atoms with Crippen LogP contribution >= 0.6 is 12.4 Å². The van der Waals surface area contributed by atoms with Crippen molar-refractivity contribution in [1.29, 1.82) is 0 Å². The van der Waals surface area contributed by atoms with E-state index in [1.165, 1.54) is 12.1 Å². The molecular formula is C20H29ClF3N3O. The smallest absolute Gasteiger partial charge is 0.334 e. The molecule has 1 saturated heterocycles. The number of amides is 1. The Labute approximate surface area is 170 Å². The average Bonchev–Trinajstić information content (AvgIpc) is 3.40. The molecule has 1 aromatic rings. The predicted octanol–water partition coefficient (Wildman–Crippen LogP) is 3.68. The Morgan fingerprint density at radius 2 is 1.82 bits per heavy atom. The molecule has 1 aliphatic carbocycles. The Morgan fingerprint density at radius 1 is 1.21 bits per heavy atom. The molecule has 0 spiro atoms. The van der Waals surface area contributed by atoms with Crippen LogP contribution in [0, 0.1) is 5.41 Å². The van der Waals surface area contributed by atoms with E-state index in [1.807, 2.05) is 4.90 Å². The Balaban J connectivity index is 0.00000280. The summed E-state index contributed by atoms with van der Waals surface area (Å²) in [4.78, 5) is 16.9. The standard InChI is InChI=1S/C20H28F3N3O.ClH/c1-19(2)13-25(10-9-17(19)24)12-18(27)26(16-7-8-16)11-14-3-5-15(6-4-14)20(21,22)23;/h3-6,16-17H,7-13,24H2,1-2H3;1H. The number of nitrogens with two attached hydrogens (primary N) is 1. The first-order valence-corrected chi connectivity index (χ1v) is 9.50. The number of nitrogens with zero attached hydrogens (tertiary/aromatic N) is 2. The van der Waals surface area contributed by atoms with Crippen LogP contribution in [0.3, 0.4) is 0 Å². The van der Waals surface area contributed by atoms with Crippen molar-refractivity contribution in [2.75, 3.05) is 19.6 Å². The predicted molar refractivity (Wildman–Crippen MR) is 105 cm³/mol. The van der Waals surface area contributed by atoms with Gasteiger partial charge in [-0.05, 0) is 42.4 Å². The average molecular weight is 420 g/mol. The van der Waals surface area contributed by atoms with E-state index in [0.29, 0.717) is 13.1 Å². The van der Waals surface area contributed by atoms with Gasteiger partial charge in [0.05, 0.1) is 12.1 Å². The lowest BCUT2D eigenvalue weighted by Crippen LogP contribution is -2.54. The van der Waals surface area contributed by atoms with Crippen LogP contribution in [0.1, 0.15) is 44.2 Å². The van der Waals surface area contributed by atoms with Gasteiger partial charge in [0.1, 0.15) is 0 Å². The molecule has 1 atom stereocenters. The van der Waals surface area contributed by atoms with E-state index < -0.39 is 11.7 Å². The molecule has 2 fully saturated rings. The fourth-order valence-electron chi connectivity index (χ4n) is 3.71. The molecule has 1 aromatic carbocycles. The zero-order chi connectivity index (χ0) is 19.8. The van der Waals surface area contributed by atoms with Gasteiger partial charge < -0.3 is 10.6 Å². The zero-order valence-electron chi connectivity index (χ0n) is 16.3. The summed E-state index contributed by atoms with van der Waals surface area (Å²) < 4.78 is 38.2. The number of carbonyl (C=O) groups excluding carboxylic acids is 1. The highest BCUT2D eigenvalue weighted by molar-refractivity contribution is 5.85. The zero-order valence-corrected chi connectivity index (χ0v) is 17.2. The van der Waals surface area contributed by atoms with Crippen LogP contribution in [0.15, 0.2) is 24.3 Å². The van der Waals surface area contributed by atoms with Crippen molar-refractivity contribution in [3.63, 3.8) is 0 Å². The molecule has 0 radical (unpaired) electrons. The SMILES string of the molecule is CC1(C)CN(CC(=O)N(Cc2ccc(C(F)(F)F)cc2)C2CC2)CCC1N.Cl. The maximum atomic E-state index is 12.9. The number of likely N-dealkylation sites (tertiary alicyclic amines) is 1. The van der Waals surface area contributed by atoms with Gasteiger partial charge in [0.25, 0.3) is 0 Å². The highest BCUT2D eigenvalue weighted by Crippen LogP contribution is 2.32. The molecule has 0 aromatic heterocycles. The number of rotatable bonds is 5. The Morgan fingerprint density at radius 3 is 2.32 bits per heavy atom. The normalized spacial score (nSPS) is 22.4. The summed E-state index contributed by atoms with van der Waals surface area (Å²) in [5.74, 6) is 0.0451. The summed E-state index contributed by atoms with van der Waals surface area (Å²) in [6.07, 6.45) is -1.56. The van der Waals surface area contributed by atoms with Crippen molar-refractivity contribution in [2.45, 2.75) is 57.9 Å². The van der Waals surface area contributed by atoms with E-state index in [-0.39, 0.29) is 35.8 Å². The summed E-state index contributed by atoms with van der Waals surface area (Å²) in [7, 11) is 0. The number of carbonyl (C=O) groups is 1. The third-order valence-electron chi connectivity index (χ3n) is 5.69. The largest absolute Gasteiger partial charge is 0.416 e.